The van der Waals surface area contributed by atoms with Gasteiger partial charge in [0, 0.05) is 6.42 Å². The lowest BCUT2D eigenvalue weighted by Gasteiger charge is -2.24. The SMILES string of the molecule is CCCCC/C=C\CCCCCC(CC(=O)NC(CO)C(O)CCCCCCCCCCCCCCCCCCC)OC(=O)CC/C=C/C/C=C\CCCCCCCC. The van der Waals surface area contributed by atoms with Gasteiger partial charge in [-0.2, -0.15) is 0 Å². The number of aliphatic hydroxyl groups is 2. The molecule has 6 nitrogen and oxygen atoms in total. The van der Waals surface area contributed by atoms with Gasteiger partial charge in [0.1, 0.15) is 6.10 Å². The van der Waals surface area contributed by atoms with Crippen molar-refractivity contribution in [3.8, 4) is 0 Å². The number of hydrogen-bond acceptors (Lipinski definition) is 5. The van der Waals surface area contributed by atoms with Crippen LogP contribution in [0, 0.1) is 0 Å². The molecule has 59 heavy (non-hydrogen) atoms. The van der Waals surface area contributed by atoms with E-state index in [1.165, 1.54) is 148 Å². The lowest BCUT2D eigenvalue weighted by Crippen LogP contribution is -2.46. The molecule has 0 aromatic heterocycles. The topological polar surface area (TPSA) is 95.9 Å². The third-order valence-electron chi connectivity index (χ3n) is 11.7. The van der Waals surface area contributed by atoms with Gasteiger partial charge in [-0.1, -0.05) is 218 Å². The third-order valence-corrected chi connectivity index (χ3v) is 11.7. The molecule has 0 aliphatic carbocycles. The number of amides is 1. The molecule has 3 unspecified atom stereocenters. The first-order chi connectivity index (χ1) is 29.0. The van der Waals surface area contributed by atoms with Gasteiger partial charge in [0.05, 0.1) is 25.2 Å². The van der Waals surface area contributed by atoms with Crippen molar-refractivity contribution in [1.82, 2.24) is 5.32 Å². The molecule has 0 rings (SSSR count). The van der Waals surface area contributed by atoms with E-state index in [2.05, 4.69) is 56.5 Å². The van der Waals surface area contributed by atoms with Crippen LogP contribution in [-0.4, -0.2) is 46.9 Å². The normalized spacial score (nSPS) is 13.5. The van der Waals surface area contributed by atoms with Crippen LogP contribution in [-0.2, 0) is 14.3 Å². The second kappa shape index (κ2) is 47.1. The Labute approximate surface area is 366 Å². The van der Waals surface area contributed by atoms with Crippen LogP contribution in [0.5, 0.6) is 0 Å². The minimum atomic E-state index is -0.798. The molecular weight excluding hydrogens is 731 g/mol. The molecule has 0 aromatic carbocycles. The summed E-state index contributed by atoms with van der Waals surface area (Å²) in [6, 6.07) is -0.714. The maximum atomic E-state index is 13.2. The molecule has 0 saturated heterocycles. The van der Waals surface area contributed by atoms with Crippen LogP contribution in [0.15, 0.2) is 36.5 Å². The summed E-state index contributed by atoms with van der Waals surface area (Å²) in [5.41, 5.74) is 0. The molecule has 0 saturated carbocycles. The molecular formula is C53H99NO5. The van der Waals surface area contributed by atoms with Crippen molar-refractivity contribution in [3.63, 3.8) is 0 Å². The first kappa shape index (κ1) is 57.1. The average molecular weight is 830 g/mol. The Morgan fingerprint density at radius 3 is 1.36 bits per heavy atom. The number of rotatable bonds is 46. The summed E-state index contributed by atoms with van der Waals surface area (Å²) in [5.74, 6) is -0.565. The van der Waals surface area contributed by atoms with E-state index in [-0.39, 0.29) is 31.3 Å². The Hall–Kier alpha value is -1.92. The van der Waals surface area contributed by atoms with Gasteiger partial charge >= 0.3 is 5.97 Å². The number of unbranched alkanes of at least 4 members (excludes halogenated alkanes) is 28. The molecule has 0 aliphatic rings. The molecule has 6 heteroatoms. The third kappa shape index (κ3) is 42.6. The van der Waals surface area contributed by atoms with Crippen molar-refractivity contribution < 1.29 is 24.5 Å². The maximum absolute atomic E-state index is 13.2. The van der Waals surface area contributed by atoms with Crippen molar-refractivity contribution in [2.24, 2.45) is 0 Å². The summed E-state index contributed by atoms with van der Waals surface area (Å²) < 4.78 is 5.87. The summed E-state index contributed by atoms with van der Waals surface area (Å²) in [5, 5.41) is 23.7. The van der Waals surface area contributed by atoms with Crippen molar-refractivity contribution in [2.75, 3.05) is 6.61 Å². The van der Waals surface area contributed by atoms with Crippen LogP contribution >= 0.6 is 0 Å². The van der Waals surface area contributed by atoms with E-state index < -0.39 is 18.2 Å². The Kier molecular flexibility index (Phi) is 45.6. The standard InChI is InChI=1S/C53H99NO5/c1-4-7-10-13-16-19-22-24-25-26-27-29-30-33-36-39-42-45-51(56)50(48-55)54-52(57)47-49(44-41-38-35-32-21-18-15-12-9-6-3)59-53(58)46-43-40-37-34-31-28-23-20-17-14-11-8-5-2/h18,21,28,31,37,40,49-51,55-56H,4-17,19-20,22-27,29-30,32-36,38-39,41-48H2,1-3H3,(H,54,57)/b21-18-,31-28-,40-37+. The number of carbonyl (C=O) groups is 2. The van der Waals surface area contributed by atoms with Crippen LogP contribution < -0.4 is 5.32 Å². The number of allylic oxidation sites excluding steroid dienone is 6. The molecule has 346 valence electrons. The predicted molar refractivity (Wildman–Crippen MR) is 255 cm³/mol. The highest BCUT2D eigenvalue weighted by molar-refractivity contribution is 5.77. The zero-order valence-electron chi connectivity index (χ0n) is 39.4. The second-order valence-corrected chi connectivity index (χ2v) is 17.6. The second-order valence-electron chi connectivity index (χ2n) is 17.6. The smallest absolute Gasteiger partial charge is 0.306 e. The Morgan fingerprint density at radius 2 is 0.864 bits per heavy atom. The minimum Gasteiger partial charge on any atom is -0.462 e. The van der Waals surface area contributed by atoms with E-state index in [9.17, 15) is 19.8 Å². The fourth-order valence-electron chi connectivity index (χ4n) is 7.77. The number of ether oxygens (including phenoxy) is 1. The van der Waals surface area contributed by atoms with Crippen LogP contribution in [0.4, 0.5) is 0 Å². The Morgan fingerprint density at radius 1 is 0.492 bits per heavy atom. The van der Waals surface area contributed by atoms with Gasteiger partial charge in [0.25, 0.3) is 0 Å². The van der Waals surface area contributed by atoms with Gasteiger partial charge in [-0.15, -0.1) is 0 Å². The largest absolute Gasteiger partial charge is 0.462 e. The summed E-state index contributed by atoms with van der Waals surface area (Å²) in [4.78, 5) is 26.0. The fourth-order valence-corrected chi connectivity index (χ4v) is 7.77. The van der Waals surface area contributed by atoms with Gasteiger partial charge in [-0.25, -0.2) is 0 Å². The first-order valence-electron chi connectivity index (χ1n) is 25.7. The predicted octanol–water partition coefficient (Wildman–Crippen LogP) is 15.3. The minimum absolute atomic E-state index is 0.0463. The van der Waals surface area contributed by atoms with Crippen molar-refractivity contribution in [1.29, 1.82) is 0 Å². The monoisotopic (exact) mass is 830 g/mol. The average Bonchev–Trinajstić information content (AvgIpc) is 3.23. The van der Waals surface area contributed by atoms with Gasteiger partial charge in [-0.05, 0) is 70.6 Å². The molecule has 3 N–H and O–H groups in total. The van der Waals surface area contributed by atoms with Crippen LogP contribution in [0.1, 0.15) is 265 Å². The van der Waals surface area contributed by atoms with E-state index >= 15 is 0 Å². The van der Waals surface area contributed by atoms with Crippen LogP contribution in [0.2, 0.25) is 0 Å². The first-order valence-corrected chi connectivity index (χ1v) is 25.7. The van der Waals surface area contributed by atoms with E-state index in [1.54, 1.807) is 0 Å². The summed E-state index contributed by atoms with van der Waals surface area (Å²) in [7, 11) is 0. The molecule has 0 bridgehead atoms. The Balaban J connectivity index is 4.51. The molecule has 1 amide bonds. The van der Waals surface area contributed by atoms with Crippen molar-refractivity contribution in [2.45, 2.75) is 283 Å². The summed E-state index contributed by atoms with van der Waals surface area (Å²) in [6.45, 7) is 6.44. The summed E-state index contributed by atoms with van der Waals surface area (Å²) in [6.07, 6.45) is 55.1. The number of esters is 1. The van der Waals surface area contributed by atoms with Crippen LogP contribution in [0.25, 0.3) is 0 Å². The van der Waals surface area contributed by atoms with Gasteiger partial charge < -0.3 is 20.3 Å². The zero-order valence-corrected chi connectivity index (χ0v) is 39.4. The molecule has 3 atom stereocenters. The molecule has 0 spiro atoms. The van der Waals surface area contributed by atoms with E-state index in [1.807, 2.05) is 6.08 Å². The zero-order chi connectivity index (χ0) is 43.1. The molecule has 0 heterocycles. The maximum Gasteiger partial charge on any atom is 0.306 e. The van der Waals surface area contributed by atoms with Gasteiger partial charge in [0.15, 0.2) is 0 Å². The highest BCUT2D eigenvalue weighted by atomic mass is 16.5. The molecule has 0 aromatic rings. The highest BCUT2D eigenvalue weighted by Gasteiger charge is 2.24. The van der Waals surface area contributed by atoms with Crippen molar-refractivity contribution in [3.05, 3.63) is 36.5 Å². The van der Waals surface area contributed by atoms with E-state index in [4.69, 9.17) is 4.74 Å². The highest BCUT2D eigenvalue weighted by Crippen LogP contribution is 2.17. The lowest BCUT2D eigenvalue weighted by molar-refractivity contribution is -0.150. The van der Waals surface area contributed by atoms with E-state index in [0.29, 0.717) is 19.3 Å². The van der Waals surface area contributed by atoms with Gasteiger partial charge in [0.2, 0.25) is 5.91 Å². The molecule has 0 aliphatic heterocycles. The number of hydrogen-bond donors (Lipinski definition) is 3. The van der Waals surface area contributed by atoms with Crippen molar-refractivity contribution >= 4 is 11.9 Å². The number of nitrogens with one attached hydrogen (secondary N) is 1. The van der Waals surface area contributed by atoms with E-state index in [0.717, 1.165) is 64.2 Å². The number of carbonyl (C=O) groups excluding carboxylic acids is 2. The fraction of sp³-hybridized carbons (Fsp3) is 0.849. The molecule has 0 radical (unpaired) electrons. The summed E-state index contributed by atoms with van der Waals surface area (Å²) >= 11 is 0. The Bertz CT molecular complexity index is 977. The number of aliphatic hydroxyl groups excluding tert-OH is 2. The quantitative estimate of drug-likeness (QED) is 0.0323. The van der Waals surface area contributed by atoms with Crippen LogP contribution in [0.3, 0.4) is 0 Å². The van der Waals surface area contributed by atoms with Gasteiger partial charge in [-0.3, -0.25) is 9.59 Å². The molecule has 0 fully saturated rings. The lowest BCUT2D eigenvalue weighted by atomic mass is 10.0.